The molecule has 2 rings (SSSR count). The highest BCUT2D eigenvalue weighted by Crippen LogP contribution is 2.29. The first kappa shape index (κ1) is 20.6. The molecule has 1 heterocycles. The molecule has 146 valence electrons. The summed E-state index contributed by atoms with van der Waals surface area (Å²) in [5.74, 6) is -2.10. The van der Waals surface area contributed by atoms with Gasteiger partial charge >= 0.3 is 5.97 Å². The van der Waals surface area contributed by atoms with Crippen molar-refractivity contribution in [2.75, 3.05) is 19.8 Å². The van der Waals surface area contributed by atoms with Gasteiger partial charge in [-0.25, -0.2) is 13.8 Å². The summed E-state index contributed by atoms with van der Waals surface area (Å²) in [6.07, 6.45) is 1.26. The predicted octanol–water partition coefficient (Wildman–Crippen LogP) is 4.54. The lowest BCUT2D eigenvalue weighted by molar-refractivity contribution is -0.143. The minimum Gasteiger partial charge on any atom is -0.488 e. The summed E-state index contributed by atoms with van der Waals surface area (Å²) in [5, 5.41) is 0. The molecule has 0 N–H and O–H groups in total. The second kappa shape index (κ2) is 10.4. The number of hydrogen-bond acceptors (Lipinski definition) is 5. The number of aromatic nitrogens is 1. The van der Waals surface area contributed by atoms with Crippen LogP contribution in [0.4, 0.5) is 8.78 Å². The van der Waals surface area contributed by atoms with Crippen molar-refractivity contribution in [3.8, 4) is 22.9 Å². The molecule has 0 bridgehead atoms. The van der Waals surface area contributed by atoms with Gasteiger partial charge in [-0.05, 0) is 38.0 Å². The van der Waals surface area contributed by atoms with E-state index in [9.17, 15) is 13.6 Å². The summed E-state index contributed by atoms with van der Waals surface area (Å²) < 4.78 is 44.0. The highest BCUT2D eigenvalue weighted by molar-refractivity contribution is 5.69. The minimum atomic E-state index is -0.831. The van der Waals surface area contributed by atoms with Gasteiger partial charge in [-0.3, -0.25) is 4.79 Å². The Bertz CT molecular complexity index is 744. The summed E-state index contributed by atoms with van der Waals surface area (Å²) in [6.45, 7) is 4.49. The molecule has 0 aliphatic heterocycles. The topological polar surface area (TPSA) is 57.7 Å². The standard InChI is InChI=1S/C20H23F2NO4/c1-3-10-26-18-8-5-7-17(23-18)14-12-15(21)20(16(22)13-14)27-11-6-9-19(24)25-4-2/h5,7-8,12-13H,3-4,6,9-11H2,1-2H3. The van der Waals surface area contributed by atoms with Crippen molar-refractivity contribution in [3.05, 3.63) is 42.0 Å². The van der Waals surface area contributed by atoms with E-state index in [0.717, 1.165) is 18.6 Å². The van der Waals surface area contributed by atoms with E-state index >= 15 is 0 Å². The van der Waals surface area contributed by atoms with Gasteiger partial charge in [-0.1, -0.05) is 13.0 Å². The molecule has 0 spiro atoms. The summed E-state index contributed by atoms with van der Waals surface area (Å²) in [6, 6.07) is 7.37. The molecule has 0 fully saturated rings. The van der Waals surface area contributed by atoms with Gasteiger partial charge in [0, 0.05) is 18.1 Å². The van der Waals surface area contributed by atoms with Crippen LogP contribution in [0, 0.1) is 11.6 Å². The van der Waals surface area contributed by atoms with E-state index in [4.69, 9.17) is 14.2 Å². The van der Waals surface area contributed by atoms with Crippen LogP contribution in [0.15, 0.2) is 30.3 Å². The Kier molecular flexibility index (Phi) is 7.98. The average molecular weight is 379 g/mol. The Morgan fingerprint density at radius 3 is 2.48 bits per heavy atom. The van der Waals surface area contributed by atoms with Crippen LogP contribution in [0.2, 0.25) is 0 Å². The van der Waals surface area contributed by atoms with E-state index in [2.05, 4.69) is 4.98 Å². The van der Waals surface area contributed by atoms with Gasteiger partial charge in [-0.2, -0.15) is 0 Å². The molecule has 0 aliphatic carbocycles. The molecule has 27 heavy (non-hydrogen) atoms. The Hall–Kier alpha value is -2.70. The first-order chi connectivity index (χ1) is 13.0. The maximum Gasteiger partial charge on any atom is 0.305 e. The van der Waals surface area contributed by atoms with Gasteiger partial charge in [0.2, 0.25) is 5.88 Å². The third kappa shape index (κ3) is 6.20. The molecule has 0 unspecified atom stereocenters. The Balaban J connectivity index is 2.05. The van der Waals surface area contributed by atoms with E-state index in [-0.39, 0.29) is 24.6 Å². The van der Waals surface area contributed by atoms with E-state index in [1.807, 2.05) is 6.92 Å². The van der Waals surface area contributed by atoms with Crippen LogP contribution in [0.3, 0.4) is 0 Å². The number of benzene rings is 1. The molecule has 0 aliphatic rings. The third-order valence-electron chi connectivity index (χ3n) is 3.55. The van der Waals surface area contributed by atoms with E-state index in [0.29, 0.717) is 31.2 Å². The predicted molar refractivity (Wildman–Crippen MR) is 96.7 cm³/mol. The Morgan fingerprint density at radius 2 is 1.81 bits per heavy atom. The molecular formula is C20H23F2NO4. The maximum atomic E-state index is 14.3. The number of halogens is 2. The van der Waals surface area contributed by atoms with Crippen molar-refractivity contribution in [3.63, 3.8) is 0 Å². The smallest absolute Gasteiger partial charge is 0.305 e. The van der Waals surface area contributed by atoms with Crippen LogP contribution in [-0.4, -0.2) is 30.8 Å². The molecule has 0 atom stereocenters. The van der Waals surface area contributed by atoms with Crippen molar-refractivity contribution < 1.29 is 27.8 Å². The van der Waals surface area contributed by atoms with Gasteiger partial charge in [0.15, 0.2) is 17.4 Å². The highest BCUT2D eigenvalue weighted by Gasteiger charge is 2.15. The number of rotatable bonds is 10. The normalized spacial score (nSPS) is 10.5. The van der Waals surface area contributed by atoms with Crippen molar-refractivity contribution in [2.24, 2.45) is 0 Å². The Labute approximate surface area is 157 Å². The summed E-state index contributed by atoms with van der Waals surface area (Å²) in [7, 11) is 0. The van der Waals surface area contributed by atoms with Crippen LogP contribution < -0.4 is 9.47 Å². The van der Waals surface area contributed by atoms with Crippen LogP contribution in [0.5, 0.6) is 11.6 Å². The first-order valence-corrected chi connectivity index (χ1v) is 8.92. The van der Waals surface area contributed by atoms with Gasteiger partial charge in [0.1, 0.15) is 0 Å². The molecule has 0 saturated heterocycles. The van der Waals surface area contributed by atoms with E-state index in [1.165, 1.54) is 0 Å². The Morgan fingerprint density at radius 1 is 1.07 bits per heavy atom. The molecular weight excluding hydrogens is 356 g/mol. The van der Waals surface area contributed by atoms with Crippen molar-refractivity contribution in [1.29, 1.82) is 0 Å². The lowest BCUT2D eigenvalue weighted by atomic mass is 10.1. The lowest BCUT2D eigenvalue weighted by Gasteiger charge is -2.11. The van der Waals surface area contributed by atoms with Crippen LogP contribution in [0.25, 0.3) is 11.3 Å². The number of ether oxygens (including phenoxy) is 3. The second-order valence-corrected chi connectivity index (χ2v) is 5.74. The third-order valence-corrected chi connectivity index (χ3v) is 3.55. The molecule has 0 saturated carbocycles. The number of nitrogens with zero attached hydrogens (tertiary/aromatic N) is 1. The monoisotopic (exact) mass is 379 g/mol. The molecule has 5 nitrogen and oxygen atoms in total. The zero-order valence-electron chi connectivity index (χ0n) is 15.5. The van der Waals surface area contributed by atoms with Crippen molar-refractivity contribution in [2.45, 2.75) is 33.1 Å². The summed E-state index contributed by atoms with van der Waals surface area (Å²) in [4.78, 5) is 15.5. The van der Waals surface area contributed by atoms with Gasteiger partial charge < -0.3 is 14.2 Å². The van der Waals surface area contributed by atoms with E-state index < -0.39 is 17.4 Å². The second-order valence-electron chi connectivity index (χ2n) is 5.74. The van der Waals surface area contributed by atoms with Crippen LogP contribution in [-0.2, 0) is 9.53 Å². The molecule has 1 aromatic heterocycles. The molecule has 1 aromatic carbocycles. The fourth-order valence-electron chi connectivity index (χ4n) is 2.33. The number of hydrogen-bond donors (Lipinski definition) is 0. The molecule has 7 heteroatoms. The highest BCUT2D eigenvalue weighted by atomic mass is 19.1. The largest absolute Gasteiger partial charge is 0.488 e. The van der Waals surface area contributed by atoms with Crippen LogP contribution in [0.1, 0.15) is 33.1 Å². The van der Waals surface area contributed by atoms with E-state index in [1.54, 1.807) is 25.1 Å². The quantitative estimate of drug-likeness (QED) is 0.448. The van der Waals surface area contributed by atoms with Crippen LogP contribution >= 0.6 is 0 Å². The number of carbonyl (C=O) groups is 1. The van der Waals surface area contributed by atoms with Crippen molar-refractivity contribution >= 4 is 5.97 Å². The number of pyridine rings is 1. The zero-order valence-corrected chi connectivity index (χ0v) is 15.5. The molecule has 0 radical (unpaired) electrons. The summed E-state index contributed by atoms with van der Waals surface area (Å²) in [5.41, 5.74) is 0.682. The first-order valence-electron chi connectivity index (χ1n) is 8.92. The molecule has 0 amide bonds. The average Bonchev–Trinajstić information content (AvgIpc) is 2.65. The van der Waals surface area contributed by atoms with Gasteiger partial charge in [0.05, 0.1) is 25.5 Å². The SMILES string of the molecule is CCCOc1cccc(-c2cc(F)c(OCCCC(=O)OCC)c(F)c2)n1. The number of esters is 1. The fraction of sp³-hybridized carbons (Fsp3) is 0.400. The fourth-order valence-corrected chi connectivity index (χ4v) is 2.33. The van der Waals surface area contributed by atoms with Gasteiger partial charge in [0.25, 0.3) is 0 Å². The summed E-state index contributed by atoms with van der Waals surface area (Å²) >= 11 is 0. The van der Waals surface area contributed by atoms with Gasteiger partial charge in [-0.15, -0.1) is 0 Å². The maximum absolute atomic E-state index is 14.3. The minimum absolute atomic E-state index is 0.00456. The number of carbonyl (C=O) groups excluding carboxylic acids is 1. The lowest BCUT2D eigenvalue weighted by Crippen LogP contribution is -2.08. The zero-order chi connectivity index (χ0) is 19.6. The van der Waals surface area contributed by atoms with Crippen molar-refractivity contribution in [1.82, 2.24) is 4.98 Å². The molecule has 2 aromatic rings.